The Kier molecular flexibility index (Phi) is 7.28. The number of aromatic nitrogens is 5. The summed E-state index contributed by atoms with van der Waals surface area (Å²) < 4.78 is 1.94. The first-order valence-corrected chi connectivity index (χ1v) is 13.2. The van der Waals surface area contributed by atoms with Gasteiger partial charge in [-0.05, 0) is 72.4 Å². The minimum Gasteiger partial charge on any atom is -0.322 e. The number of rotatable bonds is 9. The van der Waals surface area contributed by atoms with E-state index in [4.69, 9.17) is 0 Å². The van der Waals surface area contributed by atoms with Crippen molar-refractivity contribution in [2.24, 2.45) is 0 Å². The first-order chi connectivity index (χ1) is 17.5. The topological polar surface area (TPSA) is 79.7 Å². The van der Waals surface area contributed by atoms with Crippen LogP contribution in [0.5, 0.6) is 0 Å². The highest BCUT2D eigenvalue weighted by atomic mass is 16.1. The molecule has 0 unspecified atom stereocenters. The molecule has 0 spiro atoms. The molecular weight excluding hydrogens is 448 g/mol. The van der Waals surface area contributed by atoms with Crippen LogP contribution in [-0.4, -0.2) is 36.1 Å². The Hall–Kier alpha value is -3.32. The number of aromatic amines is 1. The maximum absolute atomic E-state index is 13.3. The quantitative estimate of drug-likeness (QED) is 0.341. The molecule has 0 aliphatic heterocycles. The van der Waals surface area contributed by atoms with Crippen molar-refractivity contribution < 1.29 is 0 Å². The summed E-state index contributed by atoms with van der Waals surface area (Å²) in [5.74, 6) is 0.886. The fraction of sp³-hybridized carbons (Fsp3) is 0.448. The number of benzene rings is 2. The summed E-state index contributed by atoms with van der Waals surface area (Å²) in [6.07, 6.45) is 6.69. The second kappa shape index (κ2) is 10.7. The minimum atomic E-state index is -0.00498. The molecule has 188 valence electrons. The second-order valence-corrected chi connectivity index (χ2v) is 10.3. The molecule has 0 amide bonds. The lowest BCUT2D eigenvalue weighted by molar-refractivity contribution is 0.108. The minimum absolute atomic E-state index is 0.00498. The number of nitrogens with one attached hydrogen (secondary N) is 1. The molecule has 1 atom stereocenters. The van der Waals surface area contributed by atoms with E-state index in [1.54, 1.807) is 0 Å². The van der Waals surface area contributed by atoms with Gasteiger partial charge in [-0.15, -0.1) is 5.10 Å². The van der Waals surface area contributed by atoms with Crippen molar-refractivity contribution in [2.45, 2.75) is 84.5 Å². The van der Waals surface area contributed by atoms with Crippen LogP contribution in [0.2, 0.25) is 0 Å². The molecule has 2 heterocycles. The molecule has 1 N–H and O–H groups in total. The highest BCUT2D eigenvalue weighted by molar-refractivity contribution is 5.83. The Morgan fingerprint density at radius 3 is 2.64 bits per heavy atom. The smallest absolute Gasteiger partial charge is 0.252 e. The van der Waals surface area contributed by atoms with E-state index in [2.05, 4.69) is 76.5 Å². The number of hydrogen-bond acceptors (Lipinski definition) is 5. The van der Waals surface area contributed by atoms with Gasteiger partial charge in [0.25, 0.3) is 5.56 Å². The lowest BCUT2D eigenvalue weighted by atomic mass is 10.0. The van der Waals surface area contributed by atoms with Crippen LogP contribution in [0, 0.1) is 13.8 Å². The standard InChI is InChI=1S/C29H36N6O/c1-4-10-27(28-31-32-33-35(28)18-22-11-6-5-7-12-22)34(24-13-8-9-14-24)19-23-17-25-21(3)15-20(2)16-26(25)30-29(23)36/h5-7,11-12,15-17,24,27H,4,8-10,13-14,18-19H2,1-3H3,(H,30,36)/t27-/m1/s1. The number of fused-ring (bicyclic) bond motifs is 1. The van der Waals surface area contributed by atoms with E-state index in [0.29, 0.717) is 19.1 Å². The van der Waals surface area contributed by atoms with Gasteiger partial charge in [-0.2, -0.15) is 0 Å². The molecule has 5 rings (SSSR count). The third kappa shape index (κ3) is 5.12. The zero-order valence-corrected chi connectivity index (χ0v) is 21.6. The van der Waals surface area contributed by atoms with Crippen LogP contribution in [0.25, 0.3) is 10.9 Å². The van der Waals surface area contributed by atoms with E-state index >= 15 is 0 Å². The van der Waals surface area contributed by atoms with Crippen LogP contribution < -0.4 is 5.56 Å². The number of pyridine rings is 1. The van der Waals surface area contributed by atoms with Crippen LogP contribution in [0.1, 0.15) is 79.6 Å². The molecule has 1 aliphatic carbocycles. The van der Waals surface area contributed by atoms with E-state index in [9.17, 15) is 4.79 Å². The van der Waals surface area contributed by atoms with Crippen LogP contribution in [-0.2, 0) is 13.1 Å². The van der Waals surface area contributed by atoms with E-state index in [1.807, 2.05) is 22.9 Å². The highest BCUT2D eigenvalue weighted by Gasteiger charge is 2.33. The van der Waals surface area contributed by atoms with Gasteiger partial charge in [-0.3, -0.25) is 9.69 Å². The predicted molar refractivity (Wildman–Crippen MR) is 143 cm³/mol. The largest absolute Gasteiger partial charge is 0.322 e. The Morgan fingerprint density at radius 1 is 1.11 bits per heavy atom. The maximum Gasteiger partial charge on any atom is 0.252 e. The Labute approximate surface area is 212 Å². The van der Waals surface area contributed by atoms with Gasteiger partial charge in [0.15, 0.2) is 5.82 Å². The molecule has 7 nitrogen and oxygen atoms in total. The Bertz CT molecular complexity index is 1370. The number of aryl methyl sites for hydroxylation is 2. The van der Waals surface area contributed by atoms with E-state index in [-0.39, 0.29) is 11.6 Å². The Morgan fingerprint density at radius 2 is 1.89 bits per heavy atom. The van der Waals surface area contributed by atoms with Crippen molar-refractivity contribution in [3.05, 3.63) is 87.0 Å². The van der Waals surface area contributed by atoms with E-state index in [0.717, 1.165) is 53.5 Å². The molecular formula is C29H36N6O. The van der Waals surface area contributed by atoms with Crippen LogP contribution in [0.3, 0.4) is 0 Å². The van der Waals surface area contributed by atoms with Crippen LogP contribution in [0.15, 0.2) is 53.3 Å². The number of H-pyrrole nitrogens is 1. The number of hydrogen-bond donors (Lipinski definition) is 1. The van der Waals surface area contributed by atoms with Gasteiger partial charge in [0.1, 0.15) is 0 Å². The van der Waals surface area contributed by atoms with Gasteiger partial charge in [-0.25, -0.2) is 4.68 Å². The van der Waals surface area contributed by atoms with Gasteiger partial charge < -0.3 is 4.98 Å². The van der Waals surface area contributed by atoms with Crippen molar-refractivity contribution in [1.29, 1.82) is 0 Å². The normalized spacial score (nSPS) is 15.2. The average molecular weight is 485 g/mol. The van der Waals surface area contributed by atoms with Gasteiger partial charge in [0, 0.05) is 29.1 Å². The molecule has 0 bridgehead atoms. The van der Waals surface area contributed by atoms with Crippen molar-refractivity contribution in [1.82, 2.24) is 30.1 Å². The molecule has 0 saturated heterocycles. The average Bonchev–Trinajstić information content (AvgIpc) is 3.55. The van der Waals surface area contributed by atoms with Crippen LogP contribution >= 0.6 is 0 Å². The SMILES string of the molecule is CCC[C@H](c1nnnn1Cc1ccccc1)N(Cc1cc2c(C)cc(C)cc2[nH]c1=O)C1CCCC1. The lowest BCUT2D eigenvalue weighted by Crippen LogP contribution is -2.39. The number of nitrogens with zero attached hydrogens (tertiary/aromatic N) is 5. The molecule has 1 aliphatic rings. The highest BCUT2D eigenvalue weighted by Crippen LogP contribution is 2.34. The first-order valence-electron chi connectivity index (χ1n) is 13.2. The Balaban J connectivity index is 1.53. The lowest BCUT2D eigenvalue weighted by Gasteiger charge is -2.35. The molecule has 1 saturated carbocycles. The molecule has 2 aromatic carbocycles. The molecule has 2 aromatic heterocycles. The molecule has 1 fully saturated rings. The zero-order chi connectivity index (χ0) is 25.1. The summed E-state index contributed by atoms with van der Waals surface area (Å²) in [5.41, 5.74) is 5.23. The van der Waals surface area contributed by atoms with Gasteiger partial charge in [0.05, 0.1) is 12.6 Å². The summed E-state index contributed by atoms with van der Waals surface area (Å²) in [6.45, 7) is 7.61. The summed E-state index contributed by atoms with van der Waals surface area (Å²) in [7, 11) is 0. The molecule has 7 heteroatoms. The van der Waals surface area contributed by atoms with Crippen LogP contribution in [0.4, 0.5) is 0 Å². The van der Waals surface area contributed by atoms with Gasteiger partial charge >= 0.3 is 0 Å². The van der Waals surface area contributed by atoms with Crippen molar-refractivity contribution in [2.75, 3.05) is 0 Å². The summed E-state index contributed by atoms with van der Waals surface area (Å²) in [4.78, 5) is 18.9. The van der Waals surface area contributed by atoms with Gasteiger partial charge in [-0.1, -0.05) is 62.6 Å². The van der Waals surface area contributed by atoms with E-state index in [1.165, 1.54) is 24.0 Å². The zero-order valence-electron chi connectivity index (χ0n) is 21.6. The molecule has 0 radical (unpaired) electrons. The van der Waals surface area contributed by atoms with Crippen molar-refractivity contribution >= 4 is 10.9 Å². The molecule has 36 heavy (non-hydrogen) atoms. The van der Waals surface area contributed by atoms with Crippen molar-refractivity contribution in [3.8, 4) is 0 Å². The summed E-state index contributed by atoms with van der Waals surface area (Å²) >= 11 is 0. The molecule has 4 aromatic rings. The predicted octanol–water partition coefficient (Wildman–Crippen LogP) is 5.47. The van der Waals surface area contributed by atoms with E-state index < -0.39 is 0 Å². The number of tetrazole rings is 1. The third-order valence-corrected chi connectivity index (χ3v) is 7.53. The van der Waals surface area contributed by atoms with Crippen molar-refractivity contribution in [3.63, 3.8) is 0 Å². The third-order valence-electron chi connectivity index (χ3n) is 7.53. The maximum atomic E-state index is 13.3. The first kappa shape index (κ1) is 24.4. The second-order valence-electron chi connectivity index (χ2n) is 10.3. The summed E-state index contributed by atoms with van der Waals surface area (Å²) in [5, 5.41) is 14.1. The fourth-order valence-electron chi connectivity index (χ4n) is 5.80. The fourth-order valence-corrected chi connectivity index (χ4v) is 5.80. The summed E-state index contributed by atoms with van der Waals surface area (Å²) in [6, 6.07) is 17.1. The van der Waals surface area contributed by atoms with Gasteiger partial charge in [0.2, 0.25) is 0 Å². The monoisotopic (exact) mass is 484 g/mol.